The van der Waals surface area contributed by atoms with Crippen LogP contribution in [0.2, 0.25) is 0 Å². The first-order chi connectivity index (χ1) is 7.65. The predicted molar refractivity (Wildman–Crippen MR) is 73.8 cm³/mol. The molecular weight excluding hydrogens is 240 g/mol. The van der Waals surface area contributed by atoms with Crippen molar-refractivity contribution in [3.05, 3.63) is 0 Å². The number of hydrogen-bond acceptors (Lipinski definition) is 3. The van der Waals surface area contributed by atoms with Gasteiger partial charge in [-0.1, -0.05) is 18.6 Å². The molecule has 2 N–H and O–H groups in total. The molecule has 0 radical (unpaired) electrons. The van der Waals surface area contributed by atoms with Crippen molar-refractivity contribution in [1.29, 1.82) is 0 Å². The lowest BCUT2D eigenvalue weighted by Gasteiger charge is -2.28. The van der Waals surface area contributed by atoms with Gasteiger partial charge in [-0.05, 0) is 25.5 Å². The van der Waals surface area contributed by atoms with Crippen molar-refractivity contribution in [2.24, 2.45) is 5.73 Å². The van der Waals surface area contributed by atoms with Crippen LogP contribution < -0.4 is 5.73 Å². The average molecular weight is 260 g/mol. The van der Waals surface area contributed by atoms with Gasteiger partial charge in [0, 0.05) is 19.5 Å². The van der Waals surface area contributed by atoms with Gasteiger partial charge in [0.2, 0.25) is 5.91 Å². The van der Waals surface area contributed by atoms with Crippen molar-refractivity contribution >= 4 is 34.9 Å². The highest BCUT2D eigenvalue weighted by Gasteiger charge is 2.25. The summed E-state index contributed by atoms with van der Waals surface area (Å²) in [7, 11) is 0. The molecule has 0 aromatic carbocycles. The Morgan fingerprint density at radius 2 is 2.31 bits per heavy atom. The van der Waals surface area contributed by atoms with Gasteiger partial charge in [0.05, 0.1) is 10.2 Å². The maximum Gasteiger partial charge on any atom is 0.235 e. The van der Waals surface area contributed by atoms with E-state index in [0.717, 1.165) is 18.7 Å². The number of carbonyl (C=O) groups is 1. The Morgan fingerprint density at radius 1 is 1.56 bits per heavy atom. The molecule has 0 aliphatic carbocycles. The van der Waals surface area contributed by atoms with Crippen LogP contribution in [0.3, 0.4) is 0 Å². The summed E-state index contributed by atoms with van der Waals surface area (Å²) in [6.07, 6.45) is 4.07. The molecule has 0 aromatic rings. The first-order valence-corrected chi connectivity index (χ1v) is 7.29. The number of amides is 1. The molecule has 1 saturated heterocycles. The first-order valence-electron chi connectivity index (χ1n) is 5.83. The monoisotopic (exact) mass is 260 g/mol. The molecule has 3 nitrogen and oxygen atoms in total. The maximum atomic E-state index is 12.2. The van der Waals surface area contributed by atoms with E-state index in [4.69, 9.17) is 18.0 Å². The van der Waals surface area contributed by atoms with Gasteiger partial charge in [-0.2, -0.15) is 0 Å². The van der Waals surface area contributed by atoms with Crippen molar-refractivity contribution in [2.45, 2.75) is 37.9 Å². The zero-order valence-corrected chi connectivity index (χ0v) is 11.4. The van der Waals surface area contributed by atoms with E-state index in [1.54, 1.807) is 11.8 Å². The van der Waals surface area contributed by atoms with E-state index in [-0.39, 0.29) is 11.2 Å². The van der Waals surface area contributed by atoms with Crippen LogP contribution >= 0.6 is 24.0 Å². The molecule has 1 aliphatic heterocycles. The molecule has 1 amide bonds. The van der Waals surface area contributed by atoms with Gasteiger partial charge >= 0.3 is 0 Å². The highest BCUT2D eigenvalue weighted by atomic mass is 32.2. The van der Waals surface area contributed by atoms with E-state index in [2.05, 4.69) is 0 Å². The standard InChI is InChI=1S/C11H20N2OS2/c1-2-13(7-6-10(12)15)11(14)9-5-3-4-8-16-9/h9H,2-8H2,1H3,(H2,12,15). The summed E-state index contributed by atoms with van der Waals surface area (Å²) in [5.74, 6) is 1.38. The fourth-order valence-corrected chi connectivity index (χ4v) is 3.18. The summed E-state index contributed by atoms with van der Waals surface area (Å²) in [5.41, 5.74) is 5.46. The minimum absolute atomic E-state index is 0.167. The number of thiocarbonyl (C=S) groups is 1. The summed E-state index contributed by atoms with van der Waals surface area (Å²) in [5, 5.41) is 0.167. The molecule has 16 heavy (non-hydrogen) atoms. The maximum absolute atomic E-state index is 12.2. The summed E-state index contributed by atoms with van der Waals surface area (Å²) in [6, 6.07) is 0. The quantitative estimate of drug-likeness (QED) is 0.766. The second-order valence-corrected chi connectivity index (χ2v) is 5.82. The van der Waals surface area contributed by atoms with Crippen LogP contribution in [-0.4, -0.2) is 39.9 Å². The van der Waals surface area contributed by atoms with E-state index < -0.39 is 0 Å². The average Bonchev–Trinajstić information content (AvgIpc) is 2.30. The molecule has 1 heterocycles. The molecule has 0 saturated carbocycles. The topological polar surface area (TPSA) is 46.3 Å². The van der Waals surface area contributed by atoms with Crippen LogP contribution in [0, 0.1) is 0 Å². The zero-order valence-electron chi connectivity index (χ0n) is 9.78. The highest BCUT2D eigenvalue weighted by molar-refractivity contribution is 8.00. The second-order valence-electron chi connectivity index (χ2n) is 3.99. The van der Waals surface area contributed by atoms with Crippen molar-refractivity contribution < 1.29 is 4.79 Å². The fourth-order valence-electron chi connectivity index (χ4n) is 1.81. The van der Waals surface area contributed by atoms with Crippen LogP contribution in [0.5, 0.6) is 0 Å². The lowest BCUT2D eigenvalue weighted by atomic mass is 10.1. The largest absolute Gasteiger partial charge is 0.393 e. The molecule has 92 valence electrons. The van der Waals surface area contributed by atoms with Gasteiger partial charge < -0.3 is 10.6 Å². The molecular formula is C11H20N2OS2. The molecule has 0 spiro atoms. The molecule has 1 fully saturated rings. The Balaban J connectivity index is 2.44. The number of hydrogen-bond donors (Lipinski definition) is 1. The molecule has 1 aliphatic rings. The van der Waals surface area contributed by atoms with Crippen molar-refractivity contribution in [2.75, 3.05) is 18.8 Å². The van der Waals surface area contributed by atoms with Crippen molar-refractivity contribution in [3.63, 3.8) is 0 Å². The van der Waals surface area contributed by atoms with Crippen LogP contribution in [0.25, 0.3) is 0 Å². The summed E-state index contributed by atoms with van der Waals surface area (Å²) in [4.78, 5) is 14.5. The third kappa shape index (κ3) is 4.29. The highest BCUT2D eigenvalue weighted by Crippen LogP contribution is 2.26. The Hall–Kier alpha value is -0.290. The second kappa shape index (κ2) is 7.12. The predicted octanol–water partition coefficient (Wildman–Crippen LogP) is 1.80. The Kier molecular flexibility index (Phi) is 6.13. The van der Waals surface area contributed by atoms with Crippen LogP contribution in [0.15, 0.2) is 0 Å². The Labute approximate surface area is 107 Å². The molecule has 0 bridgehead atoms. The van der Waals surface area contributed by atoms with E-state index in [1.807, 2.05) is 11.8 Å². The minimum atomic E-state index is 0.167. The number of thioether (sulfide) groups is 1. The van der Waals surface area contributed by atoms with E-state index in [9.17, 15) is 4.79 Å². The van der Waals surface area contributed by atoms with E-state index >= 15 is 0 Å². The number of nitrogens with two attached hydrogens (primary N) is 1. The van der Waals surface area contributed by atoms with Crippen molar-refractivity contribution in [3.8, 4) is 0 Å². The number of rotatable bonds is 5. The molecule has 0 aromatic heterocycles. The normalized spacial score (nSPS) is 20.4. The molecule has 5 heteroatoms. The van der Waals surface area contributed by atoms with E-state index in [1.165, 1.54) is 12.8 Å². The van der Waals surface area contributed by atoms with Crippen LogP contribution in [0.1, 0.15) is 32.6 Å². The SMILES string of the molecule is CCN(CCC(N)=S)C(=O)C1CCCCS1. The molecule has 1 atom stereocenters. The Morgan fingerprint density at radius 3 is 2.81 bits per heavy atom. The molecule has 1 unspecified atom stereocenters. The van der Waals surface area contributed by atoms with Gasteiger partial charge in [-0.15, -0.1) is 11.8 Å². The van der Waals surface area contributed by atoms with Gasteiger partial charge in [0.15, 0.2) is 0 Å². The van der Waals surface area contributed by atoms with Crippen molar-refractivity contribution in [1.82, 2.24) is 4.90 Å². The van der Waals surface area contributed by atoms with E-state index in [0.29, 0.717) is 18.0 Å². The van der Waals surface area contributed by atoms with Crippen LogP contribution in [-0.2, 0) is 4.79 Å². The van der Waals surface area contributed by atoms with Gasteiger partial charge in [-0.3, -0.25) is 4.79 Å². The third-order valence-corrected chi connectivity index (χ3v) is 4.34. The van der Waals surface area contributed by atoms with Crippen LogP contribution in [0.4, 0.5) is 0 Å². The van der Waals surface area contributed by atoms with Gasteiger partial charge in [0.25, 0.3) is 0 Å². The minimum Gasteiger partial charge on any atom is -0.393 e. The van der Waals surface area contributed by atoms with Gasteiger partial charge in [0.1, 0.15) is 0 Å². The smallest absolute Gasteiger partial charge is 0.235 e. The lowest BCUT2D eigenvalue weighted by Crippen LogP contribution is -2.40. The first kappa shape index (κ1) is 13.8. The summed E-state index contributed by atoms with van der Waals surface area (Å²) in [6.45, 7) is 3.42. The zero-order chi connectivity index (χ0) is 12.0. The fraction of sp³-hybridized carbons (Fsp3) is 0.818. The summed E-state index contributed by atoms with van der Waals surface area (Å²) >= 11 is 6.63. The third-order valence-electron chi connectivity index (χ3n) is 2.78. The molecule has 1 rings (SSSR count). The summed E-state index contributed by atoms with van der Waals surface area (Å²) < 4.78 is 0. The van der Waals surface area contributed by atoms with Gasteiger partial charge in [-0.25, -0.2) is 0 Å². The number of carbonyl (C=O) groups excluding carboxylic acids is 1. The Bertz CT molecular complexity index is 252. The lowest BCUT2D eigenvalue weighted by molar-refractivity contribution is -0.130. The number of nitrogens with zero attached hydrogens (tertiary/aromatic N) is 1.